The van der Waals surface area contributed by atoms with Crippen LogP contribution in [0.2, 0.25) is 0 Å². The second-order valence-corrected chi connectivity index (χ2v) is 15.1. The number of carbonyl (C=O) groups excluding carboxylic acids is 5. The summed E-state index contributed by atoms with van der Waals surface area (Å²) in [6, 6.07) is 15.5. The number of unbranched alkanes of at least 4 members (excludes halogenated alkanes) is 1. The smallest absolute Gasteiger partial charge is 0.246 e. The monoisotopic (exact) mass is 703 g/mol. The Labute approximate surface area is 303 Å². The van der Waals surface area contributed by atoms with E-state index in [1.54, 1.807) is 11.8 Å². The number of Topliss-reactive ketones (excluding diaryl/α,β-unsaturated/α-hetero) is 1. The molecule has 51 heavy (non-hydrogen) atoms. The summed E-state index contributed by atoms with van der Waals surface area (Å²) in [6.07, 6.45) is 3.78. The summed E-state index contributed by atoms with van der Waals surface area (Å²) in [6.45, 7) is 8.77. The number of ketones is 1. The number of hydrogen-bond acceptors (Lipinski definition) is 7. The fraction of sp³-hybridized carbons (Fsp3) is 0.575. The van der Waals surface area contributed by atoms with E-state index < -0.39 is 41.6 Å². The van der Waals surface area contributed by atoms with E-state index in [0.29, 0.717) is 45.1 Å². The summed E-state index contributed by atoms with van der Waals surface area (Å²) in [5.74, 6) is -1.45. The average Bonchev–Trinajstić information content (AvgIpc) is 3.79. The Balaban J connectivity index is 1.50. The molecule has 4 rings (SSSR count). The van der Waals surface area contributed by atoms with E-state index in [2.05, 4.69) is 20.9 Å². The normalized spacial score (nSPS) is 21.6. The lowest BCUT2D eigenvalue weighted by atomic mass is 9.92. The van der Waals surface area contributed by atoms with Gasteiger partial charge in [-0.1, -0.05) is 74.5 Å². The minimum absolute atomic E-state index is 0.134. The third-order valence-corrected chi connectivity index (χ3v) is 9.75. The largest absolute Gasteiger partial charge is 0.361 e. The number of nitrogens with zero attached hydrogens (tertiary/aromatic N) is 2. The van der Waals surface area contributed by atoms with E-state index in [-0.39, 0.29) is 36.0 Å². The number of aryl methyl sites for hydroxylation is 1. The van der Waals surface area contributed by atoms with Crippen LogP contribution in [0.15, 0.2) is 60.7 Å². The van der Waals surface area contributed by atoms with Crippen molar-refractivity contribution in [2.45, 2.75) is 115 Å². The molecule has 278 valence electrons. The lowest BCUT2D eigenvalue weighted by Gasteiger charge is -2.33. The molecule has 0 radical (unpaired) electrons. The number of likely N-dealkylation sites (tertiary alicyclic amines) is 1. The first kappa shape index (κ1) is 39.7. The van der Waals surface area contributed by atoms with Crippen LogP contribution in [0.1, 0.15) is 77.3 Å². The summed E-state index contributed by atoms with van der Waals surface area (Å²) in [5.41, 5.74) is 0.995. The summed E-state index contributed by atoms with van der Waals surface area (Å²) in [4.78, 5) is 72.1. The standard InChI is InChI=1S/C40H57N5O6/c1-27(2)23-32(36(47)40(4)26-51-40)42-38(49)34(25-30-17-11-8-12-18-30)45-28(3)24-33(39(45)50)43-37(48)31(21-20-29-15-9-7-10-16-29)41-35(46)19-13-14-22-44(5)6/h7-12,15-18,27-28,31-34H,13-14,19-26H2,1-6H3,(H,41,46)(H,42,49)(H,43,48)/t28?,31-,32?,33?,34-,40?/m0/s1. The molecule has 2 aliphatic rings. The molecule has 3 N–H and O–H groups in total. The molecule has 2 saturated heterocycles. The Kier molecular flexibility index (Phi) is 14.3. The van der Waals surface area contributed by atoms with Crippen LogP contribution < -0.4 is 16.0 Å². The van der Waals surface area contributed by atoms with Crippen LogP contribution in [0.25, 0.3) is 0 Å². The van der Waals surface area contributed by atoms with E-state index >= 15 is 0 Å². The SMILES string of the molecule is CC(C)CC(NC(=O)[C@H](Cc1ccccc1)N1C(=O)C(NC(=O)[C@H](CCc2ccccc2)NC(=O)CCCCN(C)C)CC1C)C(=O)C1(C)CO1. The van der Waals surface area contributed by atoms with Gasteiger partial charge >= 0.3 is 0 Å². The fourth-order valence-electron chi connectivity index (χ4n) is 6.76. The van der Waals surface area contributed by atoms with Gasteiger partial charge in [-0.15, -0.1) is 0 Å². The van der Waals surface area contributed by atoms with Gasteiger partial charge in [-0.3, -0.25) is 24.0 Å². The molecule has 4 amide bonds. The van der Waals surface area contributed by atoms with Gasteiger partial charge in [0.2, 0.25) is 23.6 Å². The number of ether oxygens (including phenoxy) is 1. The number of rotatable bonds is 20. The van der Waals surface area contributed by atoms with Gasteiger partial charge in [0.05, 0.1) is 12.6 Å². The minimum atomic E-state index is -0.914. The topological polar surface area (TPSA) is 140 Å². The molecule has 11 nitrogen and oxygen atoms in total. The molecular weight excluding hydrogens is 646 g/mol. The van der Waals surface area contributed by atoms with Gasteiger partial charge in [-0.05, 0) is 90.1 Å². The summed E-state index contributed by atoms with van der Waals surface area (Å²) in [7, 11) is 3.98. The molecule has 2 heterocycles. The van der Waals surface area contributed by atoms with Crippen molar-refractivity contribution in [3.63, 3.8) is 0 Å². The van der Waals surface area contributed by atoms with Crippen LogP contribution in [0.3, 0.4) is 0 Å². The lowest BCUT2D eigenvalue weighted by molar-refractivity contribution is -0.142. The Hall–Kier alpha value is -4.09. The Morgan fingerprint density at radius 2 is 1.55 bits per heavy atom. The highest BCUT2D eigenvalue weighted by Crippen LogP contribution is 2.30. The average molecular weight is 704 g/mol. The second kappa shape index (κ2) is 18.4. The van der Waals surface area contributed by atoms with Crippen LogP contribution in [-0.4, -0.2) is 102 Å². The molecule has 0 bridgehead atoms. The predicted molar refractivity (Wildman–Crippen MR) is 197 cm³/mol. The van der Waals surface area contributed by atoms with E-state index in [4.69, 9.17) is 4.74 Å². The third-order valence-electron chi connectivity index (χ3n) is 9.75. The van der Waals surface area contributed by atoms with Crippen molar-refractivity contribution in [2.75, 3.05) is 27.2 Å². The van der Waals surface area contributed by atoms with Crippen LogP contribution in [0, 0.1) is 5.92 Å². The van der Waals surface area contributed by atoms with Crippen molar-refractivity contribution in [1.29, 1.82) is 0 Å². The lowest BCUT2D eigenvalue weighted by Crippen LogP contribution is -2.57. The van der Waals surface area contributed by atoms with Crippen LogP contribution in [0.5, 0.6) is 0 Å². The first-order chi connectivity index (χ1) is 24.3. The second-order valence-electron chi connectivity index (χ2n) is 15.1. The molecule has 2 aromatic carbocycles. The van der Waals surface area contributed by atoms with Gasteiger partial charge in [0.15, 0.2) is 5.78 Å². The maximum absolute atomic E-state index is 14.2. The molecule has 2 fully saturated rings. The fourth-order valence-corrected chi connectivity index (χ4v) is 6.76. The molecule has 0 saturated carbocycles. The zero-order valence-electron chi connectivity index (χ0n) is 31.2. The minimum Gasteiger partial charge on any atom is -0.361 e. The number of nitrogens with one attached hydrogen (secondary N) is 3. The number of amides is 4. The molecule has 0 aliphatic carbocycles. The highest BCUT2D eigenvalue weighted by atomic mass is 16.6. The van der Waals surface area contributed by atoms with Gasteiger partial charge in [0.25, 0.3) is 0 Å². The molecule has 6 atom stereocenters. The molecule has 2 aliphatic heterocycles. The quantitative estimate of drug-likeness (QED) is 0.142. The molecular formula is C40H57N5O6. The maximum Gasteiger partial charge on any atom is 0.246 e. The first-order valence-corrected chi connectivity index (χ1v) is 18.4. The van der Waals surface area contributed by atoms with Crippen LogP contribution >= 0.6 is 0 Å². The van der Waals surface area contributed by atoms with E-state index in [1.807, 2.05) is 95.5 Å². The molecule has 4 unspecified atom stereocenters. The summed E-state index contributed by atoms with van der Waals surface area (Å²) >= 11 is 0. The van der Waals surface area contributed by atoms with Gasteiger partial charge in [-0.2, -0.15) is 0 Å². The molecule has 0 aromatic heterocycles. The van der Waals surface area contributed by atoms with E-state index in [0.717, 1.165) is 24.1 Å². The number of carbonyl (C=O) groups is 5. The molecule has 0 spiro atoms. The van der Waals surface area contributed by atoms with Gasteiger partial charge < -0.3 is 30.5 Å². The van der Waals surface area contributed by atoms with Gasteiger partial charge in [0.1, 0.15) is 23.7 Å². The highest BCUT2D eigenvalue weighted by Gasteiger charge is 2.51. The predicted octanol–water partition coefficient (Wildman–Crippen LogP) is 3.44. The Morgan fingerprint density at radius 3 is 2.14 bits per heavy atom. The third kappa shape index (κ3) is 11.7. The zero-order chi connectivity index (χ0) is 37.1. The van der Waals surface area contributed by atoms with Crippen molar-refractivity contribution in [3.05, 3.63) is 71.8 Å². The number of hydrogen-bond donors (Lipinski definition) is 3. The van der Waals surface area contributed by atoms with Crippen LogP contribution in [0.4, 0.5) is 0 Å². The van der Waals surface area contributed by atoms with Crippen molar-refractivity contribution in [2.24, 2.45) is 5.92 Å². The van der Waals surface area contributed by atoms with Crippen molar-refractivity contribution in [1.82, 2.24) is 25.8 Å². The zero-order valence-corrected chi connectivity index (χ0v) is 31.2. The van der Waals surface area contributed by atoms with Crippen molar-refractivity contribution >= 4 is 29.4 Å². The number of benzene rings is 2. The van der Waals surface area contributed by atoms with Gasteiger partial charge in [0, 0.05) is 18.9 Å². The molecule has 2 aromatic rings. The van der Waals surface area contributed by atoms with Gasteiger partial charge in [-0.25, -0.2) is 0 Å². The Bertz CT molecular complexity index is 1480. The van der Waals surface area contributed by atoms with Crippen molar-refractivity contribution < 1.29 is 28.7 Å². The van der Waals surface area contributed by atoms with Crippen LogP contribution in [-0.2, 0) is 41.6 Å². The Morgan fingerprint density at radius 1 is 0.922 bits per heavy atom. The first-order valence-electron chi connectivity index (χ1n) is 18.4. The highest BCUT2D eigenvalue weighted by molar-refractivity contribution is 5.99. The van der Waals surface area contributed by atoms with E-state index in [9.17, 15) is 24.0 Å². The maximum atomic E-state index is 14.2. The summed E-state index contributed by atoms with van der Waals surface area (Å²) in [5, 5.41) is 8.85. The number of epoxide rings is 1. The van der Waals surface area contributed by atoms with E-state index in [1.165, 1.54) is 0 Å². The summed E-state index contributed by atoms with van der Waals surface area (Å²) < 4.78 is 5.43. The molecule has 11 heteroatoms. The van der Waals surface area contributed by atoms with Crippen molar-refractivity contribution in [3.8, 4) is 0 Å².